The van der Waals surface area contributed by atoms with E-state index in [9.17, 15) is 13.5 Å². The van der Waals surface area contributed by atoms with Crippen LogP contribution in [0.4, 0.5) is 5.69 Å². The molecule has 1 aromatic rings. The molecular weight excluding hydrogens is 226 g/mol. The summed E-state index contributed by atoms with van der Waals surface area (Å²) in [4.78, 5) is 2.09. The molecule has 2 aliphatic rings. The van der Waals surface area contributed by atoms with Gasteiger partial charge in [-0.25, -0.2) is 8.42 Å². The van der Waals surface area contributed by atoms with Crippen molar-refractivity contribution in [3.05, 3.63) is 24.3 Å². The highest BCUT2D eigenvalue weighted by Crippen LogP contribution is 2.36. The van der Waals surface area contributed by atoms with Gasteiger partial charge in [0, 0.05) is 24.3 Å². The summed E-state index contributed by atoms with van der Waals surface area (Å²) in [6.07, 6.45) is 0.734. The van der Waals surface area contributed by atoms with E-state index in [0.29, 0.717) is 6.54 Å². The molecule has 0 radical (unpaired) electrons. The van der Waals surface area contributed by atoms with Gasteiger partial charge in [0.1, 0.15) is 5.75 Å². The summed E-state index contributed by atoms with van der Waals surface area (Å²) in [5.41, 5.74) is 0.919. The molecule has 2 saturated heterocycles. The molecule has 0 saturated carbocycles. The van der Waals surface area contributed by atoms with Gasteiger partial charge >= 0.3 is 0 Å². The Balaban J connectivity index is 1.91. The molecule has 2 fully saturated rings. The summed E-state index contributed by atoms with van der Waals surface area (Å²) in [7, 11) is -2.84. The largest absolute Gasteiger partial charge is 0.508 e. The highest BCUT2D eigenvalue weighted by molar-refractivity contribution is 7.92. The summed E-state index contributed by atoms with van der Waals surface area (Å²) in [6, 6.07) is 7.09. The van der Waals surface area contributed by atoms with Crippen LogP contribution >= 0.6 is 0 Å². The fraction of sp³-hybridized carbons (Fsp3) is 0.455. The lowest BCUT2D eigenvalue weighted by atomic mass is 10.2. The van der Waals surface area contributed by atoms with Gasteiger partial charge in [-0.05, 0) is 18.6 Å². The van der Waals surface area contributed by atoms with Crippen molar-refractivity contribution in [1.82, 2.24) is 0 Å². The first-order valence-electron chi connectivity index (χ1n) is 5.33. The molecule has 0 aromatic heterocycles. The normalized spacial score (nSPS) is 30.9. The topological polar surface area (TPSA) is 57.6 Å². The van der Waals surface area contributed by atoms with E-state index in [1.54, 1.807) is 18.2 Å². The first kappa shape index (κ1) is 9.96. The number of nitrogens with zero attached hydrogens (tertiary/aromatic N) is 1. The van der Waals surface area contributed by atoms with Crippen LogP contribution in [0.2, 0.25) is 0 Å². The van der Waals surface area contributed by atoms with E-state index >= 15 is 0 Å². The molecule has 2 aliphatic heterocycles. The van der Waals surface area contributed by atoms with Gasteiger partial charge in [-0.15, -0.1) is 0 Å². The average molecular weight is 239 g/mol. The third kappa shape index (κ3) is 1.38. The van der Waals surface area contributed by atoms with Crippen molar-refractivity contribution in [1.29, 1.82) is 0 Å². The van der Waals surface area contributed by atoms with E-state index in [2.05, 4.69) is 4.90 Å². The van der Waals surface area contributed by atoms with Crippen LogP contribution in [0.5, 0.6) is 5.75 Å². The van der Waals surface area contributed by atoms with Crippen LogP contribution < -0.4 is 4.90 Å². The van der Waals surface area contributed by atoms with Gasteiger partial charge in [0.15, 0.2) is 9.84 Å². The summed E-state index contributed by atoms with van der Waals surface area (Å²) < 4.78 is 23.2. The second-order valence-corrected chi connectivity index (χ2v) is 6.84. The average Bonchev–Trinajstić information content (AvgIpc) is 2.72. The fourth-order valence-electron chi connectivity index (χ4n) is 2.68. The molecule has 2 heterocycles. The van der Waals surface area contributed by atoms with Crippen molar-refractivity contribution >= 4 is 15.5 Å². The molecule has 2 unspecified atom stereocenters. The summed E-state index contributed by atoms with van der Waals surface area (Å²) in [6.45, 7) is 0.566. The van der Waals surface area contributed by atoms with Crippen LogP contribution in [-0.4, -0.2) is 37.1 Å². The predicted molar refractivity (Wildman–Crippen MR) is 61.4 cm³/mol. The number of aromatic hydroxyl groups is 1. The Kier molecular flexibility index (Phi) is 1.95. The van der Waals surface area contributed by atoms with Gasteiger partial charge in [0.05, 0.1) is 11.0 Å². The van der Waals surface area contributed by atoms with Gasteiger partial charge in [0.2, 0.25) is 0 Å². The van der Waals surface area contributed by atoms with E-state index < -0.39 is 9.84 Å². The number of phenols is 1. The van der Waals surface area contributed by atoms with Gasteiger partial charge in [-0.2, -0.15) is 0 Å². The molecule has 0 spiro atoms. The number of sulfone groups is 1. The van der Waals surface area contributed by atoms with E-state index in [-0.39, 0.29) is 22.8 Å². The van der Waals surface area contributed by atoms with Crippen LogP contribution in [0.25, 0.3) is 0 Å². The van der Waals surface area contributed by atoms with Gasteiger partial charge in [-0.3, -0.25) is 0 Å². The second kappa shape index (κ2) is 3.13. The van der Waals surface area contributed by atoms with Crippen LogP contribution in [0.15, 0.2) is 24.3 Å². The minimum Gasteiger partial charge on any atom is -0.508 e. The van der Waals surface area contributed by atoms with Crippen molar-refractivity contribution in [2.45, 2.75) is 17.7 Å². The third-order valence-electron chi connectivity index (χ3n) is 3.47. The maximum absolute atomic E-state index is 11.6. The number of phenolic OH excluding ortho intramolecular Hbond substituents is 1. The van der Waals surface area contributed by atoms with Crippen molar-refractivity contribution in [3.8, 4) is 5.75 Å². The number of hydrogen-bond acceptors (Lipinski definition) is 4. The zero-order valence-electron chi connectivity index (χ0n) is 8.70. The predicted octanol–water partition coefficient (Wildman–Crippen LogP) is 0.768. The van der Waals surface area contributed by atoms with Crippen molar-refractivity contribution in [3.63, 3.8) is 0 Å². The van der Waals surface area contributed by atoms with Gasteiger partial charge in [-0.1, -0.05) is 6.07 Å². The molecule has 5 heteroatoms. The van der Waals surface area contributed by atoms with E-state index in [1.807, 2.05) is 6.07 Å². The van der Waals surface area contributed by atoms with Crippen molar-refractivity contribution < 1.29 is 13.5 Å². The molecule has 1 aromatic carbocycles. The quantitative estimate of drug-likeness (QED) is 0.786. The Morgan fingerprint density at radius 2 is 2.19 bits per heavy atom. The molecule has 2 bridgehead atoms. The van der Waals surface area contributed by atoms with Crippen molar-refractivity contribution in [2.75, 3.05) is 17.2 Å². The molecule has 0 amide bonds. The zero-order chi connectivity index (χ0) is 11.3. The van der Waals surface area contributed by atoms with Crippen LogP contribution in [0.3, 0.4) is 0 Å². The highest BCUT2D eigenvalue weighted by Gasteiger charge is 2.48. The molecule has 0 aliphatic carbocycles. The number of hydrogen-bond donors (Lipinski definition) is 1. The summed E-state index contributed by atoms with van der Waals surface area (Å²) in [5, 5.41) is 9.19. The summed E-state index contributed by atoms with van der Waals surface area (Å²) >= 11 is 0. The molecule has 4 nitrogen and oxygen atoms in total. The van der Waals surface area contributed by atoms with Crippen LogP contribution in [-0.2, 0) is 9.84 Å². The molecule has 3 rings (SSSR count). The van der Waals surface area contributed by atoms with E-state index in [0.717, 1.165) is 12.1 Å². The molecule has 2 atom stereocenters. The zero-order valence-corrected chi connectivity index (χ0v) is 9.52. The Morgan fingerprint density at radius 3 is 2.75 bits per heavy atom. The van der Waals surface area contributed by atoms with E-state index in [4.69, 9.17) is 0 Å². The standard InChI is InChI=1S/C11H13NO3S/c13-10-3-1-2-8(4-10)12-6-11-5-9(12)7-16(11,14)15/h1-4,9,11,13H,5-7H2. The smallest absolute Gasteiger partial charge is 0.156 e. The Labute approximate surface area is 94.4 Å². The molecular formula is C11H13NO3S. The second-order valence-electron chi connectivity index (χ2n) is 4.51. The minimum atomic E-state index is -2.84. The highest BCUT2D eigenvalue weighted by atomic mass is 32.2. The number of benzene rings is 1. The lowest BCUT2D eigenvalue weighted by molar-refractivity contribution is 0.475. The number of anilines is 1. The maximum Gasteiger partial charge on any atom is 0.156 e. The molecule has 86 valence electrons. The van der Waals surface area contributed by atoms with E-state index in [1.165, 1.54) is 0 Å². The fourth-order valence-corrected chi connectivity index (χ4v) is 4.71. The van der Waals surface area contributed by atoms with Crippen molar-refractivity contribution in [2.24, 2.45) is 0 Å². The lowest BCUT2D eigenvalue weighted by Crippen LogP contribution is -2.40. The SMILES string of the molecule is O=S1(=O)CC2CC1CN2c1cccc(O)c1. The first-order chi connectivity index (χ1) is 7.56. The Bertz CT molecular complexity index is 526. The Morgan fingerprint density at radius 1 is 1.38 bits per heavy atom. The van der Waals surface area contributed by atoms with Gasteiger partial charge in [0.25, 0.3) is 0 Å². The third-order valence-corrected chi connectivity index (χ3v) is 5.68. The van der Waals surface area contributed by atoms with Gasteiger partial charge < -0.3 is 10.0 Å². The molecule has 1 N–H and O–H groups in total. The lowest BCUT2D eigenvalue weighted by Gasteiger charge is -2.28. The summed E-state index contributed by atoms with van der Waals surface area (Å²) in [5.74, 6) is 0.482. The van der Waals surface area contributed by atoms with Crippen LogP contribution in [0, 0.1) is 0 Å². The maximum atomic E-state index is 11.6. The van der Waals surface area contributed by atoms with Crippen LogP contribution in [0.1, 0.15) is 6.42 Å². The molecule has 16 heavy (non-hydrogen) atoms. The number of fused-ring (bicyclic) bond motifs is 2. The monoisotopic (exact) mass is 239 g/mol. The Hall–Kier alpha value is -1.23. The minimum absolute atomic E-state index is 0.0943. The number of rotatable bonds is 1. The first-order valence-corrected chi connectivity index (χ1v) is 7.05.